The van der Waals surface area contributed by atoms with Gasteiger partial charge in [-0.2, -0.15) is 0 Å². The van der Waals surface area contributed by atoms with Crippen LogP contribution in [0.3, 0.4) is 0 Å². The van der Waals surface area contributed by atoms with Crippen LogP contribution >= 0.6 is 11.3 Å². The average molecular weight is 351 g/mol. The fourth-order valence-electron chi connectivity index (χ4n) is 3.15. The van der Waals surface area contributed by atoms with Crippen LogP contribution in [-0.4, -0.2) is 79.0 Å². The van der Waals surface area contributed by atoms with Gasteiger partial charge in [-0.25, -0.2) is 0 Å². The van der Waals surface area contributed by atoms with Crippen molar-refractivity contribution in [2.45, 2.75) is 25.9 Å². The summed E-state index contributed by atoms with van der Waals surface area (Å²) in [5.74, 6) is 0.170. The highest BCUT2D eigenvalue weighted by atomic mass is 32.1. The Labute approximate surface area is 147 Å². The molecule has 0 radical (unpaired) electrons. The zero-order valence-electron chi connectivity index (χ0n) is 14.4. The average Bonchev–Trinajstić information content (AvgIpc) is 3.08. The van der Waals surface area contributed by atoms with Crippen molar-refractivity contribution in [2.75, 3.05) is 46.4 Å². The molecule has 0 spiro atoms. The van der Waals surface area contributed by atoms with Crippen LogP contribution in [0.4, 0.5) is 0 Å². The number of hydrogen-bond acceptors (Lipinski definition) is 5. The number of hydrogen-bond donors (Lipinski definition) is 0. The van der Waals surface area contributed by atoms with Crippen molar-refractivity contribution in [2.24, 2.45) is 0 Å². The lowest BCUT2D eigenvalue weighted by Gasteiger charge is -2.34. The van der Waals surface area contributed by atoms with Crippen molar-refractivity contribution in [3.63, 3.8) is 0 Å². The highest BCUT2D eigenvalue weighted by molar-refractivity contribution is 7.10. The van der Waals surface area contributed by atoms with Crippen LogP contribution in [0.15, 0.2) is 11.4 Å². The SMILES string of the molecule is CC(C(=O)N1CCc2sccc2C1)N(C)CC(=O)N1CCOCC1. The molecule has 3 heterocycles. The van der Waals surface area contributed by atoms with E-state index in [2.05, 4.69) is 11.4 Å². The van der Waals surface area contributed by atoms with E-state index >= 15 is 0 Å². The highest BCUT2D eigenvalue weighted by Gasteiger charge is 2.29. The fourth-order valence-corrected chi connectivity index (χ4v) is 4.04. The summed E-state index contributed by atoms with van der Waals surface area (Å²) in [6.07, 6.45) is 0.932. The number of amides is 2. The molecule has 1 unspecified atom stereocenters. The standard InChI is InChI=1S/C17H25N3O3S/c1-13(18(2)12-16(21)19-6-8-23-9-7-19)17(22)20-5-3-15-14(11-20)4-10-24-15/h4,10,13H,3,5-9,11-12H2,1-2H3. The van der Waals surface area contributed by atoms with E-state index < -0.39 is 0 Å². The maximum Gasteiger partial charge on any atom is 0.239 e. The molecule has 0 bridgehead atoms. The van der Waals surface area contributed by atoms with Crippen LogP contribution in [0.1, 0.15) is 17.4 Å². The third-order valence-electron chi connectivity index (χ3n) is 4.89. The summed E-state index contributed by atoms with van der Waals surface area (Å²) < 4.78 is 5.27. The Morgan fingerprint density at radius 3 is 2.79 bits per heavy atom. The second kappa shape index (κ2) is 7.63. The quantitative estimate of drug-likeness (QED) is 0.806. The summed E-state index contributed by atoms with van der Waals surface area (Å²) in [7, 11) is 1.85. The van der Waals surface area contributed by atoms with Crippen molar-refractivity contribution >= 4 is 23.2 Å². The van der Waals surface area contributed by atoms with Crippen LogP contribution in [0, 0.1) is 0 Å². The van der Waals surface area contributed by atoms with E-state index in [1.807, 2.05) is 28.7 Å². The van der Waals surface area contributed by atoms with Crippen molar-refractivity contribution in [1.29, 1.82) is 0 Å². The van der Waals surface area contributed by atoms with E-state index in [1.165, 1.54) is 10.4 Å². The van der Waals surface area contributed by atoms with Crippen molar-refractivity contribution in [3.05, 3.63) is 21.9 Å². The lowest BCUT2D eigenvalue weighted by atomic mass is 10.1. The van der Waals surface area contributed by atoms with Gasteiger partial charge in [0, 0.05) is 31.1 Å². The molecule has 2 aliphatic rings. The maximum absolute atomic E-state index is 12.8. The van der Waals surface area contributed by atoms with Gasteiger partial charge in [-0.05, 0) is 37.4 Å². The van der Waals surface area contributed by atoms with Crippen LogP contribution in [0.5, 0.6) is 0 Å². The normalized spacial score (nSPS) is 19.3. The summed E-state index contributed by atoms with van der Waals surface area (Å²) in [5.41, 5.74) is 1.26. The number of ether oxygens (including phenoxy) is 1. The lowest BCUT2D eigenvalue weighted by Crippen LogP contribution is -2.51. The van der Waals surface area contributed by atoms with Gasteiger partial charge in [0.15, 0.2) is 0 Å². The molecule has 0 N–H and O–H groups in total. The Morgan fingerprint density at radius 2 is 2.04 bits per heavy atom. The Hall–Kier alpha value is -1.44. The number of thiophene rings is 1. The van der Waals surface area contributed by atoms with Crippen molar-refractivity contribution in [1.82, 2.24) is 14.7 Å². The molecule has 132 valence electrons. The number of fused-ring (bicyclic) bond motifs is 1. The molecule has 0 aliphatic carbocycles. The molecule has 1 saturated heterocycles. The van der Waals surface area contributed by atoms with Gasteiger partial charge in [0.25, 0.3) is 0 Å². The Bertz CT molecular complexity index is 598. The van der Waals surface area contributed by atoms with Gasteiger partial charge >= 0.3 is 0 Å². The zero-order valence-corrected chi connectivity index (χ0v) is 15.2. The van der Waals surface area contributed by atoms with E-state index in [4.69, 9.17) is 4.74 Å². The summed E-state index contributed by atoms with van der Waals surface area (Å²) in [4.78, 5) is 32.1. The van der Waals surface area contributed by atoms with Gasteiger partial charge in [-0.15, -0.1) is 11.3 Å². The first kappa shape index (κ1) is 17.4. The molecule has 2 amide bonds. The number of carbonyl (C=O) groups is 2. The first-order valence-electron chi connectivity index (χ1n) is 8.46. The number of likely N-dealkylation sites (N-methyl/N-ethyl adjacent to an activating group) is 1. The van der Waals surface area contributed by atoms with Crippen molar-refractivity contribution in [3.8, 4) is 0 Å². The van der Waals surface area contributed by atoms with Crippen LogP contribution in [0.2, 0.25) is 0 Å². The molecular formula is C17H25N3O3S. The minimum Gasteiger partial charge on any atom is -0.378 e. The number of nitrogens with zero attached hydrogens (tertiary/aromatic N) is 3. The van der Waals surface area contributed by atoms with E-state index in [0.717, 1.165) is 13.0 Å². The van der Waals surface area contributed by atoms with Gasteiger partial charge in [0.2, 0.25) is 11.8 Å². The molecule has 0 aromatic carbocycles. The van der Waals surface area contributed by atoms with Gasteiger partial charge in [-0.3, -0.25) is 14.5 Å². The van der Waals surface area contributed by atoms with Gasteiger partial charge in [-0.1, -0.05) is 0 Å². The monoisotopic (exact) mass is 351 g/mol. The predicted molar refractivity (Wildman–Crippen MR) is 92.9 cm³/mol. The van der Waals surface area contributed by atoms with E-state index in [-0.39, 0.29) is 24.4 Å². The predicted octanol–water partition coefficient (Wildman–Crippen LogP) is 0.812. The second-order valence-electron chi connectivity index (χ2n) is 6.46. The van der Waals surface area contributed by atoms with Crippen molar-refractivity contribution < 1.29 is 14.3 Å². The lowest BCUT2D eigenvalue weighted by molar-refractivity contribution is -0.140. The first-order chi connectivity index (χ1) is 11.6. The Balaban J connectivity index is 1.54. The van der Waals surface area contributed by atoms with E-state index in [0.29, 0.717) is 32.8 Å². The highest BCUT2D eigenvalue weighted by Crippen LogP contribution is 2.24. The molecule has 1 fully saturated rings. The molecule has 1 atom stereocenters. The van der Waals surface area contributed by atoms with Crippen LogP contribution < -0.4 is 0 Å². The van der Waals surface area contributed by atoms with E-state index in [9.17, 15) is 9.59 Å². The van der Waals surface area contributed by atoms with Crippen LogP contribution in [-0.2, 0) is 27.3 Å². The fraction of sp³-hybridized carbons (Fsp3) is 0.647. The zero-order chi connectivity index (χ0) is 17.1. The maximum atomic E-state index is 12.8. The number of carbonyl (C=O) groups excluding carboxylic acids is 2. The van der Waals surface area contributed by atoms with Gasteiger partial charge in [0.1, 0.15) is 0 Å². The Kier molecular flexibility index (Phi) is 5.53. The Morgan fingerprint density at radius 1 is 1.29 bits per heavy atom. The molecule has 0 saturated carbocycles. The first-order valence-corrected chi connectivity index (χ1v) is 9.34. The molecular weight excluding hydrogens is 326 g/mol. The minimum atomic E-state index is -0.296. The number of morpholine rings is 1. The molecule has 7 heteroatoms. The molecule has 6 nitrogen and oxygen atoms in total. The summed E-state index contributed by atoms with van der Waals surface area (Å²) in [5, 5.41) is 2.09. The molecule has 1 aromatic rings. The third kappa shape index (κ3) is 3.79. The second-order valence-corrected chi connectivity index (χ2v) is 7.46. The molecule has 1 aromatic heterocycles. The smallest absolute Gasteiger partial charge is 0.239 e. The molecule has 2 aliphatic heterocycles. The van der Waals surface area contributed by atoms with E-state index in [1.54, 1.807) is 11.3 Å². The largest absolute Gasteiger partial charge is 0.378 e. The van der Waals surface area contributed by atoms with Gasteiger partial charge in [0.05, 0.1) is 25.8 Å². The number of rotatable bonds is 4. The molecule has 3 rings (SSSR count). The third-order valence-corrected chi connectivity index (χ3v) is 5.91. The summed E-state index contributed by atoms with van der Waals surface area (Å²) in [6.45, 7) is 6.09. The summed E-state index contributed by atoms with van der Waals surface area (Å²) >= 11 is 1.77. The minimum absolute atomic E-state index is 0.0687. The van der Waals surface area contributed by atoms with Crippen LogP contribution in [0.25, 0.3) is 0 Å². The topological polar surface area (TPSA) is 53.1 Å². The summed E-state index contributed by atoms with van der Waals surface area (Å²) in [6, 6.07) is 1.81. The van der Waals surface area contributed by atoms with Gasteiger partial charge < -0.3 is 14.5 Å². The molecule has 24 heavy (non-hydrogen) atoms.